The van der Waals surface area contributed by atoms with Gasteiger partial charge < -0.3 is 10.5 Å². The van der Waals surface area contributed by atoms with Gasteiger partial charge in [0.2, 0.25) is 5.88 Å². The van der Waals surface area contributed by atoms with Gasteiger partial charge in [0.15, 0.2) is 11.5 Å². The number of fused-ring (bicyclic) bond motifs is 1. The molecule has 4 N–H and O–H groups in total. The molecule has 0 fully saturated rings. The Morgan fingerprint density at radius 3 is 2.61 bits per heavy atom. The van der Waals surface area contributed by atoms with Crippen LogP contribution in [-0.4, -0.2) is 35.2 Å². The first-order valence-electron chi connectivity index (χ1n) is 9.87. The zero-order chi connectivity index (χ0) is 23.8. The molecule has 0 saturated heterocycles. The third-order valence-corrected chi connectivity index (χ3v) is 6.17. The van der Waals surface area contributed by atoms with Crippen molar-refractivity contribution in [1.82, 2.24) is 20.2 Å². The van der Waals surface area contributed by atoms with Crippen LogP contribution in [0.3, 0.4) is 0 Å². The molecular formula is C21H20ClFN6O3S. The highest BCUT2D eigenvalue weighted by Crippen LogP contribution is 2.30. The van der Waals surface area contributed by atoms with Gasteiger partial charge in [0, 0.05) is 16.3 Å². The number of aromatic amines is 1. The lowest BCUT2D eigenvalue weighted by atomic mass is 10.2. The van der Waals surface area contributed by atoms with Gasteiger partial charge in [-0.1, -0.05) is 25.4 Å². The van der Waals surface area contributed by atoms with E-state index < -0.39 is 20.7 Å². The van der Waals surface area contributed by atoms with Crippen LogP contribution in [0.1, 0.15) is 13.8 Å². The summed E-state index contributed by atoms with van der Waals surface area (Å²) in [6.45, 7) is 4.44. The summed E-state index contributed by atoms with van der Waals surface area (Å²) < 4.78 is 47.3. The number of nitrogens with two attached hydrogens (primary N) is 1. The number of hydrogen-bond acceptors (Lipinski definition) is 7. The summed E-state index contributed by atoms with van der Waals surface area (Å²) >= 11 is 5.81. The Kier molecular flexibility index (Phi) is 6.09. The molecule has 0 saturated carbocycles. The lowest BCUT2D eigenvalue weighted by molar-refractivity contribution is 0.265. The average molecular weight is 491 g/mol. The molecule has 0 spiro atoms. The fraction of sp³-hybridized carbons (Fsp3) is 0.190. The van der Waals surface area contributed by atoms with Crippen LogP contribution in [0, 0.1) is 11.7 Å². The minimum absolute atomic E-state index is 0.106. The number of nitrogens with one attached hydrogen (secondary N) is 2. The smallest absolute Gasteiger partial charge is 0.264 e. The number of anilines is 2. The van der Waals surface area contributed by atoms with Crippen LogP contribution >= 0.6 is 11.6 Å². The number of aromatic nitrogens is 4. The summed E-state index contributed by atoms with van der Waals surface area (Å²) in [4.78, 5) is 8.34. The van der Waals surface area contributed by atoms with E-state index >= 15 is 0 Å². The van der Waals surface area contributed by atoms with Gasteiger partial charge in [0.05, 0.1) is 6.61 Å². The largest absolute Gasteiger partial charge is 0.477 e. The highest BCUT2D eigenvalue weighted by molar-refractivity contribution is 7.92. The molecular weight excluding hydrogens is 471 g/mol. The first kappa shape index (κ1) is 22.7. The third kappa shape index (κ3) is 4.83. The molecule has 0 aliphatic carbocycles. The zero-order valence-electron chi connectivity index (χ0n) is 17.6. The Morgan fingerprint density at radius 2 is 1.91 bits per heavy atom. The van der Waals surface area contributed by atoms with Crippen LogP contribution in [0.4, 0.5) is 15.9 Å². The van der Waals surface area contributed by atoms with E-state index in [1.807, 2.05) is 13.8 Å². The van der Waals surface area contributed by atoms with E-state index in [1.54, 1.807) is 12.1 Å². The second-order valence-electron chi connectivity index (χ2n) is 7.65. The van der Waals surface area contributed by atoms with Crippen LogP contribution in [0.15, 0.2) is 47.4 Å². The van der Waals surface area contributed by atoms with E-state index in [2.05, 4.69) is 24.9 Å². The molecule has 2 aromatic carbocycles. The normalized spacial score (nSPS) is 11.8. The van der Waals surface area contributed by atoms with Gasteiger partial charge in [0.1, 0.15) is 21.9 Å². The van der Waals surface area contributed by atoms with Crippen molar-refractivity contribution in [2.75, 3.05) is 17.1 Å². The third-order valence-electron chi connectivity index (χ3n) is 4.54. The summed E-state index contributed by atoms with van der Waals surface area (Å²) in [5.41, 5.74) is 7.09. The highest BCUT2D eigenvalue weighted by atomic mass is 35.5. The number of benzene rings is 2. The van der Waals surface area contributed by atoms with Gasteiger partial charge in [-0.25, -0.2) is 17.8 Å². The summed E-state index contributed by atoms with van der Waals surface area (Å²) in [7, 11) is -4.18. The first-order valence-corrected chi connectivity index (χ1v) is 11.7. The van der Waals surface area contributed by atoms with Crippen molar-refractivity contribution in [3.63, 3.8) is 0 Å². The predicted octanol–water partition coefficient (Wildman–Crippen LogP) is 4.23. The maximum atomic E-state index is 14.0. The van der Waals surface area contributed by atoms with Gasteiger partial charge in [-0.05, 0) is 48.4 Å². The predicted molar refractivity (Wildman–Crippen MR) is 124 cm³/mol. The number of nitrogen functional groups attached to an aromatic ring is 1. The molecule has 12 heteroatoms. The monoisotopic (exact) mass is 490 g/mol. The molecule has 0 aliphatic heterocycles. The Bertz CT molecular complexity index is 1420. The van der Waals surface area contributed by atoms with E-state index in [4.69, 9.17) is 22.1 Å². The summed E-state index contributed by atoms with van der Waals surface area (Å²) in [5.74, 6) is 0.285. The van der Waals surface area contributed by atoms with Gasteiger partial charge >= 0.3 is 0 Å². The maximum absolute atomic E-state index is 14.0. The van der Waals surface area contributed by atoms with Crippen molar-refractivity contribution in [2.45, 2.75) is 18.7 Å². The summed E-state index contributed by atoms with van der Waals surface area (Å²) in [5, 5.41) is 7.36. The molecule has 9 nitrogen and oxygen atoms in total. The molecule has 0 atom stereocenters. The van der Waals surface area contributed by atoms with Crippen molar-refractivity contribution in [2.24, 2.45) is 5.92 Å². The SMILES string of the molecule is CC(C)COc1nc(-c2ccc(NS(=O)(=O)c3cc(Cl)ccc3F)cc2)nc2n[nH]c(N)c12. The van der Waals surface area contributed by atoms with Gasteiger partial charge in [-0.15, -0.1) is 0 Å². The van der Waals surface area contributed by atoms with Crippen LogP contribution in [0.5, 0.6) is 5.88 Å². The number of hydrogen-bond donors (Lipinski definition) is 3. The lowest BCUT2D eigenvalue weighted by Crippen LogP contribution is -2.14. The Morgan fingerprint density at radius 1 is 1.18 bits per heavy atom. The fourth-order valence-electron chi connectivity index (χ4n) is 2.97. The van der Waals surface area contributed by atoms with E-state index in [1.165, 1.54) is 18.2 Å². The molecule has 33 heavy (non-hydrogen) atoms. The number of sulfonamides is 1. The van der Waals surface area contributed by atoms with Crippen LogP contribution in [0.25, 0.3) is 22.4 Å². The number of ether oxygens (including phenoxy) is 1. The van der Waals surface area contributed by atoms with E-state index in [0.29, 0.717) is 40.7 Å². The number of nitrogens with zero attached hydrogens (tertiary/aromatic N) is 3. The molecule has 172 valence electrons. The van der Waals surface area contributed by atoms with E-state index in [9.17, 15) is 12.8 Å². The van der Waals surface area contributed by atoms with Crippen LogP contribution < -0.4 is 15.2 Å². The molecule has 0 bridgehead atoms. The van der Waals surface area contributed by atoms with Gasteiger partial charge in [-0.3, -0.25) is 9.82 Å². The molecule has 2 aromatic heterocycles. The standard InChI is InChI=1S/C21H20ClFN6O3S/c1-11(2)10-32-21-17-18(24)27-28-20(17)25-19(26-21)12-3-6-14(7-4-12)29-33(30,31)16-9-13(22)5-8-15(16)23/h3-9,11,29H,10H2,1-2H3,(H3,24,25,26,27,28). The minimum atomic E-state index is -4.18. The summed E-state index contributed by atoms with van der Waals surface area (Å²) in [6.07, 6.45) is 0. The first-order chi connectivity index (χ1) is 15.6. The number of rotatable bonds is 7. The van der Waals surface area contributed by atoms with Gasteiger partial charge in [0.25, 0.3) is 10.0 Å². The molecule has 4 aromatic rings. The van der Waals surface area contributed by atoms with E-state index in [-0.39, 0.29) is 16.6 Å². The average Bonchev–Trinajstić information content (AvgIpc) is 3.14. The summed E-state index contributed by atoms with van der Waals surface area (Å²) in [6, 6.07) is 9.57. The van der Waals surface area contributed by atoms with E-state index in [0.717, 1.165) is 12.1 Å². The molecule has 0 aliphatic rings. The van der Waals surface area contributed by atoms with Crippen molar-refractivity contribution >= 4 is 44.2 Å². The second kappa shape index (κ2) is 8.83. The molecule has 0 radical (unpaired) electrons. The van der Waals surface area contributed by atoms with Crippen molar-refractivity contribution in [3.8, 4) is 17.3 Å². The molecule has 2 heterocycles. The molecule has 0 amide bonds. The van der Waals surface area contributed by atoms with Crippen LogP contribution in [-0.2, 0) is 10.0 Å². The quantitative estimate of drug-likeness (QED) is 0.352. The maximum Gasteiger partial charge on any atom is 0.264 e. The minimum Gasteiger partial charge on any atom is -0.477 e. The van der Waals surface area contributed by atoms with Gasteiger partial charge in [-0.2, -0.15) is 10.1 Å². The van der Waals surface area contributed by atoms with Crippen molar-refractivity contribution in [3.05, 3.63) is 53.3 Å². The molecule has 0 unspecified atom stereocenters. The Labute approximate surface area is 194 Å². The Hall–Kier alpha value is -3.44. The lowest BCUT2D eigenvalue weighted by Gasteiger charge is -2.11. The number of halogens is 2. The number of H-pyrrole nitrogens is 1. The topological polar surface area (TPSA) is 136 Å². The molecule has 4 rings (SSSR count). The highest BCUT2D eigenvalue weighted by Gasteiger charge is 2.20. The van der Waals surface area contributed by atoms with Crippen LogP contribution in [0.2, 0.25) is 5.02 Å². The van der Waals surface area contributed by atoms with Crippen molar-refractivity contribution in [1.29, 1.82) is 0 Å². The fourth-order valence-corrected chi connectivity index (χ4v) is 4.37. The Balaban J connectivity index is 1.64. The second-order valence-corrected chi connectivity index (χ2v) is 9.74. The zero-order valence-corrected chi connectivity index (χ0v) is 19.2. The van der Waals surface area contributed by atoms with Crippen molar-refractivity contribution < 1.29 is 17.5 Å².